The summed E-state index contributed by atoms with van der Waals surface area (Å²) in [5, 5.41) is 1.05. The zero-order valence-corrected chi connectivity index (χ0v) is 9.25. The van der Waals surface area contributed by atoms with Gasteiger partial charge in [-0.25, -0.2) is 0 Å². The first kappa shape index (κ1) is 10.9. The molecule has 0 saturated carbocycles. The van der Waals surface area contributed by atoms with Crippen LogP contribution in [0.15, 0.2) is 30.3 Å². The van der Waals surface area contributed by atoms with Crippen molar-refractivity contribution in [2.24, 2.45) is 0 Å². The molecule has 10 heavy (non-hydrogen) atoms. The monoisotopic (exact) mass is 281 g/mol. The van der Waals surface area contributed by atoms with E-state index < -0.39 is 6.63 Å². The van der Waals surface area contributed by atoms with Gasteiger partial charge in [0.25, 0.3) is 0 Å². The molecule has 0 nitrogen and oxygen atoms in total. The smallest absolute Gasteiger partial charge is 0.0620 e. The molecule has 0 atom stereocenters. The van der Waals surface area contributed by atoms with E-state index in [1.165, 1.54) is 0 Å². The third-order valence-electron chi connectivity index (χ3n) is 0.992. The van der Waals surface area contributed by atoms with Crippen LogP contribution in [0.4, 0.5) is 0 Å². The SMILES string of the molecule is Cl[PH+](Cl)c1ccccc1.[Ru]. The first-order valence-corrected chi connectivity index (χ1v) is 6.06. The van der Waals surface area contributed by atoms with Gasteiger partial charge in [-0.05, 0) is 12.1 Å². The van der Waals surface area contributed by atoms with Gasteiger partial charge in [0.15, 0.2) is 0 Å². The third-order valence-corrected chi connectivity index (χ3v) is 3.07. The average molecular weight is 281 g/mol. The molecule has 56 valence electrons. The predicted octanol–water partition coefficient (Wildman–Crippen LogP) is 2.83. The Kier molecular flexibility index (Phi) is 5.97. The Labute approximate surface area is 84.0 Å². The van der Waals surface area contributed by atoms with Gasteiger partial charge in [0.2, 0.25) is 6.63 Å². The summed E-state index contributed by atoms with van der Waals surface area (Å²) in [7, 11) is 0. The zero-order chi connectivity index (χ0) is 6.69. The molecular weight excluding hydrogens is 275 g/mol. The molecule has 1 aromatic rings. The Balaban J connectivity index is 0.000000810. The van der Waals surface area contributed by atoms with Gasteiger partial charge in [-0.15, -0.1) is 0 Å². The standard InChI is InChI=1S/C6H5Cl2P.Ru/c7-9(8)6-4-2-1-3-5-6;/h1-5H;/p+1. The van der Waals surface area contributed by atoms with Crippen LogP contribution in [-0.2, 0) is 19.5 Å². The van der Waals surface area contributed by atoms with Crippen LogP contribution in [0.1, 0.15) is 0 Å². The van der Waals surface area contributed by atoms with Crippen molar-refractivity contribution in [1.82, 2.24) is 0 Å². The molecule has 0 N–H and O–H groups in total. The van der Waals surface area contributed by atoms with E-state index in [9.17, 15) is 0 Å². The van der Waals surface area contributed by atoms with Crippen LogP contribution in [0, 0.1) is 0 Å². The minimum Gasteiger partial charge on any atom is -0.0620 e. The predicted molar refractivity (Wildman–Crippen MR) is 46.1 cm³/mol. The van der Waals surface area contributed by atoms with Gasteiger partial charge in [0.1, 0.15) is 27.8 Å². The quantitative estimate of drug-likeness (QED) is 0.548. The second-order valence-electron chi connectivity index (χ2n) is 1.63. The Bertz CT molecular complexity index is 178. The number of halogens is 2. The van der Waals surface area contributed by atoms with E-state index >= 15 is 0 Å². The fraction of sp³-hybridized carbons (Fsp3) is 0. The van der Waals surface area contributed by atoms with E-state index in [2.05, 4.69) is 0 Å². The number of hydrogen-bond donors (Lipinski definition) is 0. The molecule has 1 rings (SSSR count). The molecule has 1 aromatic carbocycles. The molecule has 0 spiro atoms. The molecule has 0 fully saturated rings. The van der Waals surface area contributed by atoms with Gasteiger partial charge in [0.05, 0.1) is 0 Å². The van der Waals surface area contributed by atoms with Crippen LogP contribution in [0.25, 0.3) is 0 Å². The molecule has 0 unspecified atom stereocenters. The molecule has 0 aliphatic carbocycles. The largest absolute Gasteiger partial charge is 0.231 e. The summed E-state index contributed by atoms with van der Waals surface area (Å²) in [6.07, 6.45) is 0. The van der Waals surface area contributed by atoms with Crippen molar-refractivity contribution in [2.45, 2.75) is 0 Å². The van der Waals surface area contributed by atoms with Gasteiger partial charge in [-0.2, -0.15) is 0 Å². The van der Waals surface area contributed by atoms with Crippen molar-refractivity contribution in [1.29, 1.82) is 0 Å². The molecule has 0 amide bonds. The summed E-state index contributed by atoms with van der Waals surface area (Å²) < 4.78 is 0. The number of hydrogen-bond acceptors (Lipinski definition) is 0. The molecule has 0 aromatic heterocycles. The van der Waals surface area contributed by atoms with E-state index in [1.54, 1.807) is 0 Å². The van der Waals surface area contributed by atoms with Crippen molar-refractivity contribution in [3.63, 3.8) is 0 Å². The van der Waals surface area contributed by atoms with Crippen LogP contribution < -0.4 is 5.30 Å². The van der Waals surface area contributed by atoms with Gasteiger partial charge in [-0.3, -0.25) is 0 Å². The van der Waals surface area contributed by atoms with Gasteiger partial charge < -0.3 is 0 Å². The summed E-state index contributed by atoms with van der Waals surface area (Å²) in [5.74, 6) is 0. The van der Waals surface area contributed by atoms with Crippen LogP contribution in [0.5, 0.6) is 0 Å². The van der Waals surface area contributed by atoms with Crippen molar-refractivity contribution in [3.8, 4) is 0 Å². The summed E-state index contributed by atoms with van der Waals surface area (Å²) in [6, 6.07) is 9.69. The molecule has 0 saturated heterocycles. The molecule has 0 heterocycles. The van der Waals surface area contributed by atoms with Gasteiger partial charge >= 0.3 is 0 Å². The van der Waals surface area contributed by atoms with Crippen LogP contribution >= 0.6 is 29.1 Å². The Morgan fingerprint density at radius 2 is 1.50 bits per heavy atom. The van der Waals surface area contributed by atoms with Crippen LogP contribution in [0.3, 0.4) is 0 Å². The van der Waals surface area contributed by atoms with Crippen molar-refractivity contribution in [2.75, 3.05) is 0 Å². The average Bonchev–Trinajstić information content (AvgIpc) is 1.90. The second kappa shape index (κ2) is 5.50. The van der Waals surface area contributed by atoms with Crippen molar-refractivity contribution < 1.29 is 19.5 Å². The fourth-order valence-corrected chi connectivity index (χ4v) is 1.76. The third kappa shape index (κ3) is 3.31. The molecule has 0 aliphatic heterocycles. The van der Waals surface area contributed by atoms with E-state index in [-0.39, 0.29) is 19.5 Å². The fourth-order valence-electron chi connectivity index (χ4n) is 0.564. The van der Waals surface area contributed by atoms with Crippen LogP contribution in [0.2, 0.25) is 0 Å². The first-order chi connectivity index (χ1) is 4.30. The van der Waals surface area contributed by atoms with Crippen molar-refractivity contribution in [3.05, 3.63) is 30.3 Å². The van der Waals surface area contributed by atoms with E-state index in [1.807, 2.05) is 30.3 Å². The summed E-state index contributed by atoms with van der Waals surface area (Å²) >= 11 is 11.3. The molecule has 4 heteroatoms. The molecule has 0 bridgehead atoms. The van der Waals surface area contributed by atoms with Gasteiger partial charge in [0, 0.05) is 19.5 Å². The summed E-state index contributed by atoms with van der Waals surface area (Å²) in [4.78, 5) is 0. The maximum atomic E-state index is 5.67. The maximum Gasteiger partial charge on any atom is 0.231 e. The van der Waals surface area contributed by atoms with E-state index in [4.69, 9.17) is 22.5 Å². The Hall–Kier alpha value is 0.853. The topological polar surface area (TPSA) is 0 Å². The van der Waals surface area contributed by atoms with E-state index in [0.29, 0.717) is 0 Å². The second-order valence-corrected chi connectivity index (χ2v) is 5.57. The van der Waals surface area contributed by atoms with Gasteiger partial charge in [-0.1, -0.05) is 18.2 Å². The maximum absolute atomic E-state index is 5.67. The Morgan fingerprint density at radius 1 is 1.00 bits per heavy atom. The zero-order valence-electron chi connectivity index (χ0n) is 5.00. The normalized spacial score (nSPS) is 9.10. The number of rotatable bonds is 1. The Morgan fingerprint density at radius 3 is 1.80 bits per heavy atom. The van der Waals surface area contributed by atoms with E-state index in [0.717, 1.165) is 5.30 Å². The summed E-state index contributed by atoms with van der Waals surface area (Å²) in [5.41, 5.74) is 0. The first-order valence-electron chi connectivity index (χ1n) is 2.54. The minimum atomic E-state index is -1.27. The van der Waals surface area contributed by atoms with Crippen molar-refractivity contribution >= 4 is 34.4 Å². The molecule has 0 aliphatic rings. The summed E-state index contributed by atoms with van der Waals surface area (Å²) in [6.45, 7) is -1.27. The number of benzene rings is 1. The minimum absolute atomic E-state index is 0. The molecule has 0 radical (unpaired) electrons. The molecular formula is C6H6Cl2PRu+. The van der Waals surface area contributed by atoms with Crippen LogP contribution in [-0.4, -0.2) is 0 Å².